The van der Waals surface area contributed by atoms with Crippen molar-refractivity contribution in [1.82, 2.24) is 4.72 Å². The third kappa shape index (κ3) is 9.12. The van der Waals surface area contributed by atoms with Crippen molar-refractivity contribution in [3.8, 4) is 0 Å². The number of aliphatic hydroxyl groups is 1. The van der Waals surface area contributed by atoms with Crippen LogP contribution >= 0.6 is 0 Å². The number of aliphatic hydroxyl groups excluding tert-OH is 1. The highest BCUT2D eigenvalue weighted by Gasteiger charge is 2.13. The SMILES string of the molecule is CCCCCCC(C)NS(=O)(=O)CCCO. The van der Waals surface area contributed by atoms with Crippen LogP contribution < -0.4 is 4.72 Å². The molecule has 98 valence electrons. The van der Waals surface area contributed by atoms with Gasteiger partial charge < -0.3 is 5.11 Å². The molecule has 0 aliphatic heterocycles. The molecule has 0 heterocycles. The monoisotopic (exact) mass is 251 g/mol. The molecule has 0 bridgehead atoms. The average Bonchev–Trinajstić information content (AvgIpc) is 2.21. The number of unbranched alkanes of at least 4 members (excludes halogenated alkanes) is 3. The first kappa shape index (κ1) is 15.9. The lowest BCUT2D eigenvalue weighted by Crippen LogP contribution is -2.34. The summed E-state index contributed by atoms with van der Waals surface area (Å²) in [6, 6.07) is 0.000508. The number of hydrogen-bond donors (Lipinski definition) is 2. The molecule has 0 rings (SSSR count). The lowest BCUT2D eigenvalue weighted by molar-refractivity contribution is 0.295. The van der Waals surface area contributed by atoms with Crippen LogP contribution in [0.2, 0.25) is 0 Å². The summed E-state index contributed by atoms with van der Waals surface area (Å²) in [4.78, 5) is 0. The van der Waals surface area contributed by atoms with Crippen LogP contribution in [-0.4, -0.2) is 31.9 Å². The number of hydrogen-bond acceptors (Lipinski definition) is 3. The van der Waals surface area contributed by atoms with Crippen LogP contribution in [0.1, 0.15) is 52.4 Å². The molecule has 0 radical (unpaired) electrons. The summed E-state index contributed by atoms with van der Waals surface area (Å²) in [7, 11) is -3.20. The number of sulfonamides is 1. The van der Waals surface area contributed by atoms with E-state index in [1.54, 1.807) is 0 Å². The molecule has 0 aliphatic rings. The molecular weight excluding hydrogens is 226 g/mol. The predicted octanol–water partition coefficient (Wildman–Crippen LogP) is 1.65. The first-order valence-electron chi connectivity index (χ1n) is 6.12. The molecule has 0 fully saturated rings. The molecule has 0 aromatic rings. The maximum Gasteiger partial charge on any atom is 0.211 e. The lowest BCUT2D eigenvalue weighted by atomic mass is 10.1. The topological polar surface area (TPSA) is 66.4 Å². The van der Waals surface area contributed by atoms with Gasteiger partial charge in [-0.2, -0.15) is 0 Å². The van der Waals surface area contributed by atoms with Crippen LogP contribution in [0, 0.1) is 0 Å². The second-order valence-corrected chi connectivity index (χ2v) is 6.14. The molecule has 0 saturated carbocycles. The maximum atomic E-state index is 11.5. The largest absolute Gasteiger partial charge is 0.396 e. The molecule has 0 spiro atoms. The van der Waals surface area contributed by atoms with E-state index in [1.165, 1.54) is 19.3 Å². The Hall–Kier alpha value is -0.130. The van der Waals surface area contributed by atoms with Gasteiger partial charge in [-0.1, -0.05) is 32.6 Å². The van der Waals surface area contributed by atoms with E-state index in [9.17, 15) is 8.42 Å². The van der Waals surface area contributed by atoms with Crippen molar-refractivity contribution in [2.45, 2.75) is 58.4 Å². The predicted molar refractivity (Wildman–Crippen MR) is 66.8 cm³/mol. The Bertz CT molecular complexity index is 252. The van der Waals surface area contributed by atoms with Gasteiger partial charge in [0, 0.05) is 12.6 Å². The molecule has 16 heavy (non-hydrogen) atoms. The average molecular weight is 251 g/mol. The number of nitrogens with one attached hydrogen (secondary N) is 1. The molecule has 0 amide bonds. The molecule has 0 aliphatic carbocycles. The zero-order valence-electron chi connectivity index (χ0n) is 10.4. The summed E-state index contributed by atoms with van der Waals surface area (Å²) in [5, 5.41) is 8.57. The lowest BCUT2D eigenvalue weighted by Gasteiger charge is -2.13. The van der Waals surface area contributed by atoms with E-state index in [-0.39, 0.29) is 18.4 Å². The second kappa shape index (κ2) is 8.96. The van der Waals surface area contributed by atoms with E-state index in [1.807, 2.05) is 6.92 Å². The zero-order valence-corrected chi connectivity index (χ0v) is 11.2. The van der Waals surface area contributed by atoms with Crippen LogP contribution in [0.3, 0.4) is 0 Å². The van der Waals surface area contributed by atoms with Gasteiger partial charge in [0.1, 0.15) is 0 Å². The third-order valence-corrected chi connectivity index (χ3v) is 4.03. The minimum atomic E-state index is -3.20. The van der Waals surface area contributed by atoms with E-state index in [4.69, 9.17) is 5.11 Å². The Morgan fingerprint density at radius 3 is 2.44 bits per heavy atom. The first-order chi connectivity index (χ1) is 7.52. The minimum absolute atomic E-state index is 0.000508. The van der Waals surface area contributed by atoms with Gasteiger partial charge in [-0.15, -0.1) is 0 Å². The van der Waals surface area contributed by atoms with E-state index >= 15 is 0 Å². The van der Waals surface area contributed by atoms with Crippen LogP contribution in [0.5, 0.6) is 0 Å². The normalized spacial score (nSPS) is 13.9. The second-order valence-electron chi connectivity index (χ2n) is 4.26. The molecule has 4 nitrogen and oxygen atoms in total. The Labute approximate surface area is 99.5 Å². The summed E-state index contributed by atoms with van der Waals surface area (Å²) in [6.45, 7) is 3.97. The van der Waals surface area contributed by atoms with Gasteiger partial charge in [0.15, 0.2) is 0 Å². The van der Waals surface area contributed by atoms with Crippen LogP contribution in [0.15, 0.2) is 0 Å². The fourth-order valence-electron chi connectivity index (χ4n) is 1.56. The minimum Gasteiger partial charge on any atom is -0.396 e. The number of rotatable bonds is 10. The standard InChI is InChI=1S/C11H25NO3S/c1-3-4-5-6-8-11(2)12-16(14,15)10-7-9-13/h11-13H,3-10H2,1-2H3. The fraction of sp³-hybridized carbons (Fsp3) is 1.00. The van der Waals surface area contributed by atoms with Gasteiger partial charge in [0.05, 0.1) is 5.75 Å². The Morgan fingerprint density at radius 2 is 1.88 bits per heavy atom. The summed E-state index contributed by atoms with van der Waals surface area (Å²) in [5.41, 5.74) is 0. The van der Waals surface area contributed by atoms with Crippen molar-refractivity contribution < 1.29 is 13.5 Å². The van der Waals surface area contributed by atoms with Gasteiger partial charge in [-0.3, -0.25) is 0 Å². The van der Waals surface area contributed by atoms with Crippen molar-refractivity contribution in [3.05, 3.63) is 0 Å². The zero-order chi connectivity index (χ0) is 12.4. The molecular formula is C11H25NO3S. The highest BCUT2D eigenvalue weighted by atomic mass is 32.2. The molecule has 5 heteroatoms. The van der Waals surface area contributed by atoms with Gasteiger partial charge >= 0.3 is 0 Å². The van der Waals surface area contributed by atoms with Crippen molar-refractivity contribution >= 4 is 10.0 Å². The van der Waals surface area contributed by atoms with E-state index in [2.05, 4.69) is 11.6 Å². The molecule has 0 aromatic carbocycles. The quantitative estimate of drug-likeness (QED) is 0.580. The summed E-state index contributed by atoms with van der Waals surface area (Å²) in [6.07, 6.45) is 5.83. The van der Waals surface area contributed by atoms with E-state index < -0.39 is 10.0 Å². The van der Waals surface area contributed by atoms with E-state index in [0.29, 0.717) is 6.42 Å². The van der Waals surface area contributed by atoms with Crippen molar-refractivity contribution in [1.29, 1.82) is 0 Å². The van der Waals surface area contributed by atoms with Crippen LogP contribution in [0.4, 0.5) is 0 Å². The smallest absolute Gasteiger partial charge is 0.211 e. The first-order valence-corrected chi connectivity index (χ1v) is 7.78. The maximum absolute atomic E-state index is 11.5. The van der Waals surface area contributed by atoms with Crippen molar-refractivity contribution in [2.75, 3.05) is 12.4 Å². The molecule has 2 N–H and O–H groups in total. The van der Waals surface area contributed by atoms with Crippen LogP contribution in [0.25, 0.3) is 0 Å². The highest BCUT2D eigenvalue weighted by molar-refractivity contribution is 7.89. The van der Waals surface area contributed by atoms with Crippen molar-refractivity contribution in [2.24, 2.45) is 0 Å². The van der Waals surface area contributed by atoms with Crippen LogP contribution in [-0.2, 0) is 10.0 Å². The molecule has 0 aromatic heterocycles. The molecule has 1 unspecified atom stereocenters. The Balaban J connectivity index is 3.72. The Morgan fingerprint density at radius 1 is 1.19 bits per heavy atom. The van der Waals surface area contributed by atoms with E-state index in [0.717, 1.165) is 12.8 Å². The van der Waals surface area contributed by atoms with Gasteiger partial charge in [0.25, 0.3) is 0 Å². The fourth-order valence-corrected chi connectivity index (χ4v) is 2.91. The van der Waals surface area contributed by atoms with Gasteiger partial charge in [-0.25, -0.2) is 13.1 Å². The third-order valence-electron chi connectivity index (χ3n) is 2.44. The summed E-state index contributed by atoms with van der Waals surface area (Å²) < 4.78 is 25.6. The molecule has 1 atom stereocenters. The van der Waals surface area contributed by atoms with Gasteiger partial charge in [0.2, 0.25) is 10.0 Å². The molecule has 0 saturated heterocycles. The summed E-state index contributed by atoms with van der Waals surface area (Å²) >= 11 is 0. The Kier molecular flexibility index (Phi) is 8.89. The highest BCUT2D eigenvalue weighted by Crippen LogP contribution is 2.06. The van der Waals surface area contributed by atoms with Gasteiger partial charge in [-0.05, 0) is 19.8 Å². The van der Waals surface area contributed by atoms with Crippen molar-refractivity contribution in [3.63, 3.8) is 0 Å². The summed E-state index contributed by atoms with van der Waals surface area (Å²) in [5.74, 6) is 0.0167.